The fourth-order valence-electron chi connectivity index (χ4n) is 7.80. The molecule has 22 nitrogen and oxygen atoms in total. The monoisotopic (exact) mass is 1340 g/mol. The number of ether oxygens (including phenoxy) is 5. The van der Waals surface area contributed by atoms with Crippen LogP contribution in [0.2, 0.25) is 0 Å². The standard InChI is InChI=1S/C59H94N3O19PS5/c1-41(38-85-87-40-46(58(75)82)34-51(65)42(2)37-84-86-39-43(3)59(76)83)50(64)33-45(56(71)72)15-11-12-24-60-53(67)35-80-32-30-78-28-25-61-54(68)36-79-31-29-77-26-14-16-47(63)20-23-49(57(73)74)62-52(66)17-10-8-6-4-5-7-9-13-27-81-48-21-18-44(19-22-48)55(69)70/h18-19,21-22,41-43,45-46,49H,4-17,20,23-40,82H2,1-3H3,(H,60,67)(H,61,68)(H,62,66)(H,69,70)(H,71,72)(H,73,74)(H,76,83)/t41-,42-,43-,45+,46-,49-/m0/s1/i82D/t41-,42-,43-,45+,46-,49-,82?. The molecule has 1 aromatic rings. The van der Waals surface area contributed by atoms with Crippen LogP contribution >= 0.6 is 65.0 Å². The van der Waals surface area contributed by atoms with Crippen LogP contribution in [-0.4, -0.2) is 182 Å². The highest BCUT2D eigenvalue weighted by Gasteiger charge is 2.26. The number of benzene rings is 1. The zero-order chi connectivity index (χ0) is 65.3. The molecule has 0 aliphatic heterocycles. The summed E-state index contributed by atoms with van der Waals surface area (Å²) in [4.78, 5) is 133. The summed E-state index contributed by atoms with van der Waals surface area (Å²) in [5, 5.41) is 36.1. The Kier molecular flexibility index (Phi) is 47.3. The van der Waals surface area contributed by atoms with E-state index in [0.29, 0.717) is 67.6 Å². The van der Waals surface area contributed by atoms with E-state index in [-0.39, 0.29) is 167 Å². The summed E-state index contributed by atoms with van der Waals surface area (Å²) in [6.07, 6.45) is 9.44. The summed E-state index contributed by atoms with van der Waals surface area (Å²) in [7, 11) is 5.02. The number of carboxylic acids is 3. The van der Waals surface area contributed by atoms with Gasteiger partial charge in [-0.3, -0.25) is 43.2 Å². The number of hydrogen-bond acceptors (Lipinski definition) is 20. The third kappa shape index (κ3) is 44.3. The number of unbranched alkanes of at least 4 members (excludes halogenated alkanes) is 8. The maximum Gasteiger partial charge on any atom is 0.335 e. The van der Waals surface area contributed by atoms with Crippen LogP contribution in [0.5, 0.6) is 5.75 Å². The van der Waals surface area contributed by atoms with Crippen molar-refractivity contribution in [3.8, 4) is 5.75 Å². The van der Waals surface area contributed by atoms with E-state index in [9.17, 15) is 63.0 Å². The average molecular weight is 1340 g/mol. The van der Waals surface area contributed by atoms with Crippen LogP contribution in [0, 0.1) is 29.6 Å². The molecule has 0 heterocycles. The highest BCUT2D eigenvalue weighted by atomic mass is 33.1. The van der Waals surface area contributed by atoms with Crippen molar-refractivity contribution in [3.05, 3.63) is 29.8 Å². The van der Waals surface area contributed by atoms with Crippen LogP contribution in [0.1, 0.15) is 147 Å². The van der Waals surface area contributed by atoms with Crippen molar-refractivity contribution in [3.63, 3.8) is 0 Å². The Morgan fingerprint density at radius 2 is 1.06 bits per heavy atom. The molecule has 3 amide bonds. The Hall–Kier alpha value is -3.79. The van der Waals surface area contributed by atoms with E-state index in [1.807, 2.05) is 0 Å². The molecule has 6 N–H and O–H groups in total. The maximum absolute atomic E-state index is 13.0. The molecule has 7 atom stereocenters. The van der Waals surface area contributed by atoms with Gasteiger partial charge in [0, 0.05) is 98.5 Å². The molecular weight excluding hydrogens is 1250 g/mol. The van der Waals surface area contributed by atoms with Crippen LogP contribution in [-0.2, 0) is 66.9 Å². The van der Waals surface area contributed by atoms with Gasteiger partial charge in [-0.25, -0.2) is 9.59 Å². The number of aromatic carboxylic acids is 1. The van der Waals surface area contributed by atoms with Crippen molar-refractivity contribution < 1.29 is 91.7 Å². The molecule has 494 valence electrons. The molecule has 0 saturated carbocycles. The highest BCUT2D eigenvalue weighted by Crippen LogP contribution is 2.32. The third-order valence-electron chi connectivity index (χ3n) is 13.4. The van der Waals surface area contributed by atoms with E-state index in [4.69, 9.17) is 30.1 Å². The highest BCUT2D eigenvalue weighted by molar-refractivity contribution is 8.77. The second kappa shape index (κ2) is 51.9. The van der Waals surface area contributed by atoms with Crippen molar-refractivity contribution in [1.29, 1.82) is 1.28 Å². The minimum atomic E-state index is -1.19. The Balaban J connectivity index is 2.04. The molecule has 0 aliphatic carbocycles. The maximum atomic E-state index is 13.0. The average Bonchev–Trinajstić information content (AvgIpc) is 3.59. The molecule has 0 radical (unpaired) electrons. The Morgan fingerprint density at radius 1 is 0.529 bits per heavy atom. The van der Waals surface area contributed by atoms with Crippen molar-refractivity contribution in [1.82, 2.24) is 16.0 Å². The quantitative estimate of drug-likeness (QED) is 0.0140. The number of ketones is 3. The minimum absolute atomic E-state index is 0.00468. The van der Waals surface area contributed by atoms with E-state index in [1.54, 1.807) is 32.9 Å². The van der Waals surface area contributed by atoms with Gasteiger partial charge in [0.1, 0.15) is 42.4 Å². The normalized spacial score (nSPS) is 13.6. The number of amides is 3. The Morgan fingerprint density at radius 3 is 1.62 bits per heavy atom. The van der Waals surface area contributed by atoms with Crippen molar-refractivity contribution in [2.45, 2.75) is 142 Å². The summed E-state index contributed by atoms with van der Waals surface area (Å²) in [6.45, 7) is 7.09. The van der Waals surface area contributed by atoms with Gasteiger partial charge in [0.2, 0.25) is 17.7 Å². The van der Waals surface area contributed by atoms with E-state index in [0.717, 1.165) is 44.9 Å². The number of nitrogens with one attached hydrogen (secondary N) is 3. The van der Waals surface area contributed by atoms with Crippen LogP contribution < -0.4 is 20.7 Å². The molecule has 0 aliphatic rings. The smallest absolute Gasteiger partial charge is 0.335 e. The summed E-state index contributed by atoms with van der Waals surface area (Å²) in [5.74, 6) is -4.69. The molecule has 0 aromatic heterocycles. The van der Waals surface area contributed by atoms with Crippen molar-refractivity contribution in [2.24, 2.45) is 29.6 Å². The number of hydrogen-bond donors (Lipinski definition) is 7. The van der Waals surface area contributed by atoms with E-state index in [1.165, 1.54) is 55.3 Å². The van der Waals surface area contributed by atoms with Crippen molar-refractivity contribution >= 4 is 129 Å². The molecule has 1 rings (SSSR count). The molecule has 0 fully saturated rings. The second-order valence-corrected chi connectivity index (χ2v) is 27.1. The van der Waals surface area contributed by atoms with Crippen LogP contribution in [0.3, 0.4) is 0 Å². The number of carboxylic acid groups (broad SMARTS) is 3. The van der Waals surface area contributed by atoms with Gasteiger partial charge < -0.3 is 55.0 Å². The van der Waals surface area contributed by atoms with Gasteiger partial charge in [-0.2, -0.15) is 0 Å². The van der Waals surface area contributed by atoms with Crippen molar-refractivity contribution in [2.75, 3.05) is 95.6 Å². The number of Topliss-reactive ketones (excluding diaryl/α,β-unsaturated/α-hetero) is 3. The van der Waals surface area contributed by atoms with Gasteiger partial charge in [0.25, 0.3) is 0 Å². The third-order valence-corrected chi connectivity index (χ3v) is 19.6. The lowest BCUT2D eigenvalue weighted by atomic mass is 9.92. The first-order valence-corrected chi connectivity index (χ1v) is 35.6. The van der Waals surface area contributed by atoms with Crippen LogP contribution in [0.15, 0.2) is 24.3 Å². The molecule has 0 saturated heterocycles. The van der Waals surface area contributed by atoms with E-state index >= 15 is 0 Å². The summed E-state index contributed by atoms with van der Waals surface area (Å²) >= 11 is 3.84. The zero-order valence-corrected chi connectivity index (χ0v) is 55.7. The number of carbonyl (C=O) groups is 11. The minimum Gasteiger partial charge on any atom is -0.494 e. The molecular formula is C59H94N3O19PS5. The Bertz CT molecular complexity index is 2250. The largest absolute Gasteiger partial charge is 0.494 e. The van der Waals surface area contributed by atoms with Gasteiger partial charge in [0.15, 0.2) is 10.6 Å². The molecule has 1 unspecified atom stereocenters. The SMILES string of the molecule is [2H]PC(=O)[C@H](CSSC[C@H](C)C(=O)C[C@@H](CCCCNC(=O)COCCOCCNC(=O)COCCOCCCC(=O)CC[C@H](NC(=O)CCCCCCCCCCOc1ccc(C(=O)O)cc1)C(=O)O)C(=O)O)CC(=O)[C@@H](C)CSSC[C@H](C)C(=O)S. The second-order valence-electron chi connectivity index (χ2n) is 21.0. The first-order chi connectivity index (χ1) is 42.1. The lowest BCUT2D eigenvalue weighted by Gasteiger charge is -2.17. The first kappa shape index (κ1) is 79.3. The number of thiol groups is 1. The number of rotatable bonds is 60. The molecule has 28 heteroatoms. The van der Waals surface area contributed by atoms with Gasteiger partial charge >= 0.3 is 17.9 Å². The van der Waals surface area contributed by atoms with Gasteiger partial charge in [-0.15, -0.1) is 12.6 Å². The van der Waals surface area contributed by atoms with Gasteiger partial charge in [0.05, 0.1) is 52.4 Å². The molecule has 0 bridgehead atoms. The summed E-state index contributed by atoms with van der Waals surface area (Å²) in [5.41, 5.74) is -0.0821. The topological polar surface area (TPSA) is 331 Å². The van der Waals surface area contributed by atoms with E-state index in [2.05, 4.69) is 28.6 Å². The fourth-order valence-corrected chi connectivity index (χ4v) is 13.8. The number of carbonyl (C=O) groups excluding carboxylic acids is 8. The zero-order valence-electron chi connectivity index (χ0n) is 51.6. The summed E-state index contributed by atoms with van der Waals surface area (Å²) < 4.78 is 34.8. The fraction of sp³-hybridized carbons (Fsp3) is 0.712. The Labute approximate surface area is 537 Å². The number of aliphatic carboxylic acids is 2. The predicted molar refractivity (Wildman–Crippen MR) is 347 cm³/mol. The van der Waals surface area contributed by atoms with Crippen LogP contribution in [0.4, 0.5) is 0 Å². The van der Waals surface area contributed by atoms with Gasteiger partial charge in [-0.05, 0) is 62.8 Å². The van der Waals surface area contributed by atoms with Crippen LogP contribution in [0.25, 0.3) is 0 Å². The van der Waals surface area contributed by atoms with Gasteiger partial charge in [-0.1, -0.05) is 118 Å². The lowest BCUT2D eigenvalue weighted by molar-refractivity contribution is -0.144. The first-order valence-electron chi connectivity index (χ1n) is 30.2. The van der Waals surface area contributed by atoms with E-state index < -0.39 is 50.9 Å². The summed E-state index contributed by atoms with van der Waals surface area (Å²) in [6, 6.07) is 5.17. The lowest BCUT2D eigenvalue weighted by Crippen LogP contribution is -2.41. The predicted octanol–water partition coefficient (Wildman–Crippen LogP) is 8.21. The molecule has 87 heavy (non-hydrogen) atoms. The molecule has 1 aromatic carbocycles. The molecule has 0 spiro atoms.